The molecule has 0 radical (unpaired) electrons. The van der Waals surface area contributed by atoms with E-state index >= 15 is 0 Å². The van der Waals surface area contributed by atoms with E-state index in [0.29, 0.717) is 41.1 Å². The number of anilines is 5. The number of aromatic nitrogens is 8. The second kappa shape index (κ2) is 20.9. The monoisotopic (exact) mass is 716 g/mol. The van der Waals surface area contributed by atoms with Crippen molar-refractivity contribution in [2.45, 2.75) is 132 Å². The summed E-state index contributed by atoms with van der Waals surface area (Å²) in [7, 11) is 0. The summed E-state index contributed by atoms with van der Waals surface area (Å²) >= 11 is 1.62. The smallest absolute Gasteiger partial charge is 0.222 e. The van der Waals surface area contributed by atoms with Gasteiger partial charge in [-0.05, 0) is 57.3 Å². The van der Waals surface area contributed by atoms with Crippen LogP contribution >= 0.6 is 11.3 Å². The van der Waals surface area contributed by atoms with Crippen LogP contribution in [0.4, 0.5) is 28.3 Å². The van der Waals surface area contributed by atoms with E-state index in [1.54, 1.807) is 29.8 Å². The van der Waals surface area contributed by atoms with Gasteiger partial charge < -0.3 is 38.2 Å². The van der Waals surface area contributed by atoms with Gasteiger partial charge in [0.15, 0.2) is 0 Å². The van der Waals surface area contributed by atoms with Gasteiger partial charge >= 0.3 is 0 Å². The molecule has 13 N–H and O–H groups in total. The molecule has 0 spiro atoms. The maximum atomic E-state index is 5.50. The summed E-state index contributed by atoms with van der Waals surface area (Å²) in [5.74, 6) is 6.64. The third kappa shape index (κ3) is 14.9. The molecule has 9 rings (SSSR count). The van der Waals surface area contributed by atoms with E-state index in [0.717, 1.165) is 34.0 Å². The Morgan fingerprint density at radius 1 is 0.700 bits per heavy atom. The molecule has 0 unspecified atom stereocenters. The molecule has 0 amide bonds. The summed E-state index contributed by atoms with van der Waals surface area (Å²) in [6, 6.07) is 5.57. The third-order valence-electron chi connectivity index (χ3n) is 7.46. The second-order valence-electron chi connectivity index (χ2n) is 12.2. The fourth-order valence-corrected chi connectivity index (χ4v) is 5.07. The molecule has 0 bridgehead atoms. The molecule has 282 valence electrons. The fourth-order valence-electron chi connectivity index (χ4n) is 4.22. The van der Waals surface area contributed by atoms with E-state index in [4.69, 9.17) is 33.2 Å². The Morgan fingerprint density at radius 3 is 1.64 bits per heavy atom. The van der Waals surface area contributed by atoms with E-state index in [2.05, 4.69) is 54.4 Å². The van der Waals surface area contributed by atoms with Crippen molar-refractivity contribution in [1.82, 2.24) is 40.5 Å². The Balaban J connectivity index is 0.000000586. The zero-order chi connectivity index (χ0) is 31.9. The quantitative estimate of drug-likeness (QED) is 0.0852. The van der Waals surface area contributed by atoms with Crippen LogP contribution in [0.15, 0.2) is 35.1 Å². The number of thiazole rings is 1. The van der Waals surface area contributed by atoms with Crippen molar-refractivity contribution in [1.29, 1.82) is 0 Å². The van der Waals surface area contributed by atoms with Crippen LogP contribution in [0, 0.1) is 0 Å². The number of imidazole rings is 1. The molecular formula is C35H65N13OS. The van der Waals surface area contributed by atoms with Crippen LogP contribution in [0.2, 0.25) is 0 Å². The van der Waals surface area contributed by atoms with Gasteiger partial charge in [0.05, 0.1) is 23.1 Å². The van der Waals surface area contributed by atoms with E-state index in [9.17, 15) is 0 Å². The largest absolute Gasteiger partial charge is 0.389 e. The molecule has 0 aromatic carbocycles. The fraction of sp³-hybridized carbons (Fsp3) is 0.571. The van der Waals surface area contributed by atoms with E-state index < -0.39 is 0 Å². The minimum absolute atomic E-state index is 0. The highest BCUT2D eigenvalue weighted by Gasteiger charge is 2.28. The van der Waals surface area contributed by atoms with Crippen LogP contribution in [0.3, 0.4) is 0 Å². The lowest BCUT2D eigenvalue weighted by molar-refractivity contribution is 0.428. The van der Waals surface area contributed by atoms with Gasteiger partial charge in [0.1, 0.15) is 28.3 Å². The minimum atomic E-state index is 0. The maximum Gasteiger partial charge on any atom is 0.222 e. The van der Waals surface area contributed by atoms with Gasteiger partial charge in [0.2, 0.25) is 5.88 Å². The maximum absolute atomic E-state index is 5.50. The van der Waals surface area contributed by atoms with Crippen molar-refractivity contribution in [3.63, 3.8) is 0 Å². The molecule has 0 aliphatic heterocycles. The van der Waals surface area contributed by atoms with Gasteiger partial charge in [-0.3, -0.25) is 10.2 Å². The van der Waals surface area contributed by atoms with Gasteiger partial charge in [-0.15, -0.1) is 11.3 Å². The van der Waals surface area contributed by atoms with Gasteiger partial charge in [-0.2, -0.15) is 10.2 Å². The van der Waals surface area contributed by atoms with Crippen LogP contribution in [-0.4, -0.2) is 40.5 Å². The standard InChI is InChI=1S/2C6H9N3.C6H11N3.C6H8N2O.C6H8N2S.5CH4/c7-5-3-8-6(9-5)4-1-2-4;7-6-3-5(8-9-6)4-1-2-4;1-4(2)5-3-6(7)9-8-5;7-6-3-5(8-9-6)4-1-2-4;7-5-3-8-6(9-5)4-1-2-4;;;;;/h3-4H,1-2,7H2,(H,8,9);3-4H,1-2H2,(H3,7,8,9);3-4H,1-2H3,(H3,7,8,9);2*3-4H,1-2,7H2;5*1H4. The topological polar surface area (TPSA) is 255 Å². The van der Waals surface area contributed by atoms with Crippen molar-refractivity contribution in [3.8, 4) is 0 Å². The summed E-state index contributed by atoms with van der Waals surface area (Å²) in [6.07, 6.45) is 13.7. The van der Waals surface area contributed by atoms with Gasteiger partial charge in [-0.25, -0.2) is 9.97 Å². The van der Waals surface area contributed by atoms with Crippen molar-refractivity contribution < 1.29 is 4.52 Å². The second-order valence-corrected chi connectivity index (χ2v) is 13.3. The first-order valence-corrected chi connectivity index (χ1v) is 16.3. The molecule has 5 aromatic heterocycles. The first-order chi connectivity index (χ1) is 21.6. The average molecular weight is 716 g/mol. The Hall–Kier alpha value is -4.53. The van der Waals surface area contributed by atoms with Crippen molar-refractivity contribution in [3.05, 3.63) is 58.5 Å². The highest BCUT2D eigenvalue weighted by atomic mass is 32.1. The van der Waals surface area contributed by atoms with Crippen LogP contribution in [-0.2, 0) is 0 Å². The molecule has 50 heavy (non-hydrogen) atoms. The molecule has 4 saturated carbocycles. The Labute approximate surface area is 303 Å². The molecule has 5 heterocycles. The molecular weight excluding hydrogens is 651 g/mol. The van der Waals surface area contributed by atoms with Crippen LogP contribution in [0.25, 0.3) is 0 Å². The van der Waals surface area contributed by atoms with Gasteiger partial charge in [0.25, 0.3) is 0 Å². The molecule has 15 heteroatoms. The number of hydrogen-bond donors (Lipinski definition) is 8. The van der Waals surface area contributed by atoms with Crippen LogP contribution in [0.1, 0.15) is 160 Å². The number of nitrogens with zero attached hydrogens (tertiary/aromatic N) is 5. The molecule has 4 aliphatic rings. The molecule has 4 aliphatic carbocycles. The summed E-state index contributed by atoms with van der Waals surface area (Å²) in [6.45, 7) is 4.18. The highest BCUT2D eigenvalue weighted by Crippen LogP contribution is 2.42. The van der Waals surface area contributed by atoms with Crippen molar-refractivity contribution in [2.24, 2.45) is 0 Å². The number of nitrogens with two attached hydrogens (primary N) is 5. The zero-order valence-electron chi connectivity index (χ0n) is 25.9. The molecule has 4 fully saturated rings. The third-order valence-corrected chi connectivity index (χ3v) is 8.45. The molecule has 5 aromatic rings. The van der Waals surface area contributed by atoms with E-state index in [1.165, 1.54) is 62.1 Å². The highest BCUT2D eigenvalue weighted by molar-refractivity contribution is 7.15. The van der Waals surface area contributed by atoms with E-state index in [1.807, 2.05) is 12.1 Å². The number of H-pyrrole nitrogens is 3. The Bertz CT molecular complexity index is 1340. The van der Waals surface area contributed by atoms with Crippen molar-refractivity contribution in [2.75, 3.05) is 28.7 Å². The molecule has 14 nitrogen and oxygen atoms in total. The number of aromatic amines is 3. The van der Waals surface area contributed by atoms with Gasteiger partial charge in [0, 0.05) is 53.3 Å². The number of rotatable bonds is 5. The molecule has 0 atom stereocenters. The lowest BCUT2D eigenvalue weighted by Crippen LogP contribution is -1.85. The average Bonchev–Trinajstić information content (AvgIpc) is 3.90. The minimum Gasteiger partial charge on any atom is -0.389 e. The lowest BCUT2D eigenvalue weighted by Gasteiger charge is -1.95. The lowest BCUT2D eigenvalue weighted by atomic mass is 10.1. The first kappa shape index (κ1) is 45.5. The summed E-state index contributed by atoms with van der Waals surface area (Å²) < 4.78 is 4.69. The normalized spacial score (nSPS) is 15.0. The zero-order valence-corrected chi connectivity index (χ0v) is 26.7. The predicted molar refractivity (Wildman–Crippen MR) is 212 cm³/mol. The van der Waals surface area contributed by atoms with E-state index in [-0.39, 0.29) is 37.1 Å². The Kier molecular flexibility index (Phi) is 19.0. The Morgan fingerprint density at radius 2 is 1.28 bits per heavy atom. The van der Waals surface area contributed by atoms with Crippen LogP contribution in [0.5, 0.6) is 0 Å². The predicted octanol–water partition coefficient (Wildman–Crippen LogP) is 8.77. The summed E-state index contributed by atoms with van der Waals surface area (Å²) in [4.78, 5) is 11.3. The van der Waals surface area contributed by atoms with Crippen molar-refractivity contribution >= 4 is 39.7 Å². The number of nitrogen functional groups attached to an aromatic ring is 5. The first-order valence-electron chi connectivity index (χ1n) is 15.5. The number of hydrogen-bond acceptors (Lipinski definition) is 12. The van der Waals surface area contributed by atoms with Gasteiger partial charge in [-0.1, -0.05) is 56.1 Å². The SMILES string of the molecule is C.C.C.C.C.CC(C)c1cc(N)n[nH]1.Nc1cc(C2CC2)[nH]n1.Nc1cc(C2CC2)no1.Nc1cnc(C2CC2)[nH]1.Nc1cnc(C2CC2)s1. The number of nitrogens with one attached hydrogen (secondary N) is 3. The van der Waals surface area contributed by atoms with Crippen LogP contribution < -0.4 is 28.7 Å². The summed E-state index contributed by atoms with van der Waals surface area (Å²) in [5, 5.41) is 19.2. The summed E-state index contributed by atoms with van der Waals surface area (Å²) in [5.41, 5.74) is 30.3. The molecule has 0 saturated heterocycles.